The largest absolute Gasteiger partial charge is 0.380 e. The Morgan fingerprint density at radius 3 is 2.24 bits per heavy atom. The molecule has 0 amide bonds. The average molecular weight is 567 g/mol. The molecule has 208 valence electrons. The Morgan fingerprint density at radius 2 is 1.59 bits per heavy atom. The molecule has 1 unspecified atom stereocenters. The van der Waals surface area contributed by atoms with Crippen LogP contribution in [0.3, 0.4) is 0 Å². The summed E-state index contributed by atoms with van der Waals surface area (Å²) in [7, 11) is 1.89. The van der Waals surface area contributed by atoms with Gasteiger partial charge in [-0.15, -0.1) is 0 Å². The van der Waals surface area contributed by atoms with Crippen molar-refractivity contribution in [2.45, 2.75) is 38.2 Å². The monoisotopic (exact) mass is 566 g/mol. The lowest BCUT2D eigenvalue weighted by Crippen LogP contribution is -2.19. The first kappa shape index (κ1) is 28.4. The van der Waals surface area contributed by atoms with E-state index in [0.29, 0.717) is 22.9 Å². The molecule has 7 heteroatoms. The summed E-state index contributed by atoms with van der Waals surface area (Å²) in [5.41, 5.74) is 2.82. The molecule has 1 saturated carbocycles. The summed E-state index contributed by atoms with van der Waals surface area (Å²) in [6.45, 7) is 0. The first-order chi connectivity index (χ1) is 19.8. The molecule has 1 aromatic heterocycles. The maximum Gasteiger partial charge on any atom is 0.211 e. The zero-order valence-corrected chi connectivity index (χ0v) is 23.6. The summed E-state index contributed by atoms with van der Waals surface area (Å²) < 4.78 is 0. The number of aliphatic hydroxyl groups excluding tert-OH is 1. The number of aromatic nitrogens is 1. The molecule has 1 heterocycles. The lowest BCUT2D eigenvalue weighted by Gasteiger charge is -2.19. The maximum absolute atomic E-state index is 13.6. The smallest absolute Gasteiger partial charge is 0.211 e. The molecule has 0 saturated heterocycles. The van der Waals surface area contributed by atoms with Crippen LogP contribution in [0.5, 0.6) is 0 Å². The Morgan fingerprint density at radius 1 is 0.902 bits per heavy atom. The van der Waals surface area contributed by atoms with Crippen molar-refractivity contribution in [3.05, 3.63) is 124 Å². The fourth-order valence-electron chi connectivity index (χ4n) is 5.33. The molecule has 1 aliphatic carbocycles. The number of ketones is 3. The van der Waals surface area contributed by atoms with Gasteiger partial charge in [-0.05, 0) is 60.0 Å². The number of benzene rings is 3. The van der Waals surface area contributed by atoms with Crippen molar-refractivity contribution in [1.82, 2.24) is 4.98 Å². The number of carbonyl (C=O) groups excluding carboxylic acids is 3. The van der Waals surface area contributed by atoms with Crippen LogP contribution in [0.2, 0.25) is 5.02 Å². The summed E-state index contributed by atoms with van der Waals surface area (Å²) in [6.07, 6.45) is 4.68. The van der Waals surface area contributed by atoms with E-state index in [9.17, 15) is 19.5 Å². The first-order valence-corrected chi connectivity index (χ1v) is 14.1. The quantitative estimate of drug-likeness (QED) is 0.201. The van der Waals surface area contributed by atoms with Crippen molar-refractivity contribution < 1.29 is 19.5 Å². The number of aliphatic hydroxyl groups is 1. The van der Waals surface area contributed by atoms with Crippen LogP contribution in [-0.2, 0) is 0 Å². The third kappa shape index (κ3) is 6.45. The number of halogens is 1. The van der Waals surface area contributed by atoms with E-state index in [1.54, 1.807) is 66.9 Å². The number of hydrogen-bond donors (Lipinski definition) is 1. The summed E-state index contributed by atoms with van der Waals surface area (Å²) in [5, 5.41) is 11.5. The predicted molar refractivity (Wildman–Crippen MR) is 160 cm³/mol. The zero-order valence-electron chi connectivity index (χ0n) is 22.8. The molecule has 4 aromatic rings. The topological polar surface area (TPSA) is 87.6 Å². The SMILES string of the molecule is CN(c1ccc(Cl)cc1)c1ccc(C(=O)c2ccc(C(=O)CC3CCCC3)c(C(=O)C(O)c3ccccc3)c2)nc1. The highest BCUT2D eigenvalue weighted by atomic mass is 35.5. The summed E-state index contributed by atoms with van der Waals surface area (Å²) in [4.78, 5) is 46.6. The van der Waals surface area contributed by atoms with E-state index in [1.165, 1.54) is 12.1 Å². The van der Waals surface area contributed by atoms with Crippen molar-refractivity contribution in [2.75, 3.05) is 11.9 Å². The number of carbonyl (C=O) groups is 3. The van der Waals surface area contributed by atoms with E-state index in [2.05, 4.69) is 4.98 Å². The van der Waals surface area contributed by atoms with Crippen molar-refractivity contribution in [3.8, 4) is 0 Å². The number of anilines is 2. The maximum atomic E-state index is 13.6. The second-order valence-corrected chi connectivity index (χ2v) is 10.9. The molecule has 0 aliphatic heterocycles. The van der Waals surface area contributed by atoms with Gasteiger partial charge < -0.3 is 10.0 Å². The second-order valence-electron chi connectivity index (χ2n) is 10.5. The summed E-state index contributed by atoms with van der Waals surface area (Å²) in [6, 6.07) is 23.9. The Balaban J connectivity index is 1.43. The van der Waals surface area contributed by atoms with Crippen molar-refractivity contribution in [3.63, 3.8) is 0 Å². The third-order valence-corrected chi connectivity index (χ3v) is 7.99. The van der Waals surface area contributed by atoms with Gasteiger partial charge in [-0.1, -0.05) is 73.7 Å². The predicted octanol–water partition coefficient (Wildman–Crippen LogP) is 7.41. The molecule has 0 radical (unpaired) electrons. The Kier molecular flexibility index (Phi) is 8.72. The Labute approximate surface area is 244 Å². The lowest BCUT2D eigenvalue weighted by molar-refractivity contribution is 0.0742. The van der Waals surface area contributed by atoms with Gasteiger partial charge in [0, 0.05) is 40.9 Å². The molecule has 0 spiro atoms. The first-order valence-electron chi connectivity index (χ1n) is 13.8. The molecule has 3 aromatic carbocycles. The van der Waals surface area contributed by atoms with Crippen LogP contribution >= 0.6 is 11.6 Å². The van der Waals surface area contributed by atoms with Crippen LogP contribution in [0, 0.1) is 5.92 Å². The number of pyridine rings is 1. The highest BCUT2D eigenvalue weighted by Crippen LogP contribution is 2.31. The highest BCUT2D eigenvalue weighted by Gasteiger charge is 2.28. The highest BCUT2D eigenvalue weighted by molar-refractivity contribution is 6.30. The van der Waals surface area contributed by atoms with Crippen LogP contribution in [0.4, 0.5) is 11.4 Å². The fraction of sp³-hybridized carbons (Fsp3) is 0.235. The minimum atomic E-state index is -1.46. The Bertz CT molecular complexity index is 1550. The second kappa shape index (κ2) is 12.6. The number of hydrogen-bond acceptors (Lipinski definition) is 6. The molecule has 1 aliphatic rings. The number of Topliss-reactive ketones (excluding diaryl/α,β-unsaturated/α-hetero) is 2. The van der Waals surface area contributed by atoms with Gasteiger partial charge in [-0.3, -0.25) is 19.4 Å². The van der Waals surface area contributed by atoms with Crippen molar-refractivity contribution in [2.24, 2.45) is 5.92 Å². The standard InChI is InChI=1S/C34H31ClN2O4/c1-37(26-14-12-25(35)13-15-26)27-16-18-30(36-21-27)32(39)24-11-17-28(31(38)19-22-7-5-6-8-22)29(20-24)34(41)33(40)23-9-3-2-4-10-23/h2-4,9-18,20-22,33,40H,5-8,19H2,1H3. The van der Waals surface area contributed by atoms with Gasteiger partial charge in [0.05, 0.1) is 11.9 Å². The molecule has 5 rings (SSSR count). The molecule has 41 heavy (non-hydrogen) atoms. The lowest BCUT2D eigenvalue weighted by atomic mass is 9.88. The van der Waals surface area contributed by atoms with E-state index in [1.807, 2.05) is 24.1 Å². The van der Waals surface area contributed by atoms with Gasteiger partial charge >= 0.3 is 0 Å². The zero-order chi connectivity index (χ0) is 28.9. The average Bonchev–Trinajstić information content (AvgIpc) is 3.53. The molecule has 0 bridgehead atoms. The summed E-state index contributed by atoms with van der Waals surface area (Å²) >= 11 is 6.00. The summed E-state index contributed by atoms with van der Waals surface area (Å²) in [5.74, 6) is -0.857. The minimum Gasteiger partial charge on any atom is -0.380 e. The Hall–Kier alpha value is -4.13. The van der Waals surface area contributed by atoms with E-state index in [4.69, 9.17) is 11.6 Å². The van der Waals surface area contributed by atoms with E-state index < -0.39 is 11.9 Å². The van der Waals surface area contributed by atoms with Crippen LogP contribution < -0.4 is 4.90 Å². The number of rotatable bonds is 10. The molecule has 1 atom stereocenters. The van der Waals surface area contributed by atoms with Crippen LogP contribution in [0.15, 0.2) is 91.1 Å². The van der Waals surface area contributed by atoms with E-state index >= 15 is 0 Å². The van der Waals surface area contributed by atoms with Gasteiger partial charge in [0.2, 0.25) is 5.78 Å². The minimum absolute atomic E-state index is 0.0503. The van der Waals surface area contributed by atoms with Gasteiger partial charge in [0.15, 0.2) is 11.6 Å². The van der Waals surface area contributed by atoms with Crippen LogP contribution in [-0.4, -0.2) is 34.5 Å². The number of nitrogens with zero attached hydrogens (tertiary/aromatic N) is 2. The van der Waals surface area contributed by atoms with E-state index in [-0.39, 0.29) is 34.0 Å². The molecular formula is C34H31ClN2O4. The van der Waals surface area contributed by atoms with Gasteiger partial charge in [-0.25, -0.2) is 0 Å². The molecule has 1 fully saturated rings. The molecular weight excluding hydrogens is 536 g/mol. The normalized spacial score (nSPS) is 14.0. The van der Waals surface area contributed by atoms with Crippen LogP contribution in [0.1, 0.15) is 80.5 Å². The van der Waals surface area contributed by atoms with Gasteiger partial charge in [0.25, 0.3) is 0 Å². The molecule has 6 nitrogen and oxygen atoms in total. The molecule has 1 N–H and O–H groups in total. The van der Waals surface area contributed by atoms with E-state index in [0.717, 1.165) is 37.1 Å². The van der Waals surface area contributed by atoms with Gasteiger partial charge in [-0.2, -0.15) is 0 Å². The van der Waals surface area contributed by atoms with Gasteiger partial charge in [0.1, 0.15) is 11.8 Å². The van der Waals surface area contributed by atoms with Crippen molar-refractivity contribution in [1.29, 1.82) is 0 Å². The van der Waals surface area contributed by atoms with Crippen LogP contribution in [0.25, 0.3) is 0 Å². The van der Waals surface area contributed by atoms with Crippen molar-refractivity contribution >= 4 is 40.3 Å². The third-order valence-electron chi connectivity index (χ3n) is 7.74. The fourth-order valence-corrected chi connectivity index (χ4v) is 5.46.